The maximum atomic E-state index is 14.4. The van der Waals surface area contributed by atoms with Crippen LogP contribution >= 0.6 is 15.9 Å². The molecule has 1 aromatic heterocycles. The molecule has 1 heterocycles. The number of fused-ring (bicyclic) bond motifs is 1. The largest absolute Gasteiger partial charge is 0.295 e. The fourth-order valence-electron chi connectivity index (χ4n) is 2.90. The van der Waals surface area contributed by atoms with Crippen molar-refractivity contribution < 1.29 is 4.39 Å². The van der Waals surface area contributed by atoms with Crippen LogP contribution in [0.3, 0.4) is 0 Å². The van der Waals surface area contributed by atoms with E-state index in [-0.39, 0.29) is 16.2 Å². The highest BCUT2D eigenvalue weighted by atomic mass is 79.9. The highest BCUT2D eigenvalue weighted by Gasteiger charge is 2.17. The molecule has 0 aliphatic carbocycles. The van der Waals surface area contributed by atoms with Gasteiger partial charge < -0.3 is 0 Å². The van der Waals surface area contributed by atoms with Crippen molar-refractivity contribution in [2.75, 3.05) is 0 Å². The topological polar surface area (TPSA) is 34.9 Å². The van der Waals surface area contributed by atoms with E-state index in [0.29, 0.717) is 22.3 Å². The molecule has 0 aliphatic rings. The van der Waals surface area contributed by atoms with Crippen molar-refractivity contribution in [1.29, 1.82) is 0 Å². The monoisotopic (exact) mass is 418 g/mol. The predicted molar refractivity (Wildman–Crippen MR) is 111 cm³/mol. The van der Waals surface area contributed by atoms with Gasteiger partial charge in [0.2, 0.25) is 0 Å². The summed E-state index contributed by atoms with van der Waals surface area (Å²) >= 11 is 3.56. The zero-order valence-corrected chi connectivity index (χ0v) is 17.6. The van der Waals surface area contributed by atoms with Gasteiger partial charge in [0.15, 0.2) is 0 Å². The van der Waals surface area contributed by atoms with Crippen LogP contribution in [0.15, 0.2) is 35.1 Å². The molecule has 1 atom stereocenters. The molecular formula is C21H24BrFN2O. The molecule has 138 valence electrons. The minimum Gasteiger partial charge on any atom is -0.295 e. The number of rotatable bonds is 2. The van der Waals surface area contributed by atoms with Gasteiger partial charge in [-0.15, -0.1) is 0 Å². The minimum atomic E-state index is -0.377. The molecule has 3 nitrogen and oxygen atoms in total. The Morgan fingerprint density at radius 3 is 2.35 bits per heavy atom. The van der Waals surface area contributed by atoms with E-state index in [1.54, 1.807) is 13.1 Å². The van der Waals surface area contributed by atoms with Gasteiger partial charge in [0.25, 0.3) is 5.56 Å². The van der Waals surface area contributed by atoms with Crippen LogP contribution in [0.5, 0.6) is 0 Å². The fourth-order valence-corrected chi connectivity index (χ4v) is 3.25. The van der Waals surface area contributed by atoms with E-state index in [9.17, 15) is 9.18 Å². The van der Waals surface area contributed by atoms with E-state index >= 15 is 0 Å². The quantitative estimate of drug-likeness (QED) is 0.490. The normalized spacial score (nSPS) is 11.8. The SMILES string of the molecule is CC.Cc1ccc(-c2nc3c(C(C)Br)cc(C)cc3c(=O)n2C)c(F)c1. The summed E-state index contributed by atoms with van der Waals surface area (Å²) in [5.74, 6) is -0.0411. The van der Waals surface area contributed by atoms with E-state index < -0.39 is 0 Å². The molecule has 0 N–H and O–H groups in total. The molecule has 3 rings (SSSR count). The predicted octanol–water partition coefficient (Wildman–Crippen LogP) is 5.84. The Morgan fingerprint density at radius 1 is 1.12 bits per heavy atom. The van der Waals surface area contributed by atoms with Gasteiger partial charge in [-0.1, -0.05) is 41.9 Å². The summed E-state index contributed by atoms with van der Waals surface area (Å²) in [5, 5.41) is 0.551. The highest BCUT2D eigenvalue weighted by molar-refractivity contribution is 9.09. The third-order valence-corrected chi connectivity index (χ3v) is 4.64. The van der Waals surface area contributed by atoms with Crippen molar-refractivity contribution in [1.82, 2.24) is 9.55 Å². The minimum absolute atomic E-state index is 0.0372. The van der Waals surface area contributed by atoms with Crippen LogP contribution in [0, 0.1) is 19.7 Å². The number of hydrogen-bond acceptors (Lipinski definition) is 2. The Labute approximate surface area is 162 Å². The number of hydrogen-bond donors (Lipinski definition) is 0. The van der Waals surface area contributed by atoms with Gasteiger partial charge in [-0.25, -0.2) is 9.37 Å². The van der Waals surface area contributed by atoms with Gasteiger partial charge in [-0.3, -0.25) is 9.36 Å². The molecule has 0 saturated carbocycles. The summed E-state index contributed by atoms with van der Waals surface area (Å²) in [6.45, 7) is 9.76. The van der Waals surface area contributed by atoms with E-state index in [1.165, 1.54) is 10.6 Å². The summed E-state index contributed by atoms with van der Waals surface area (Å²) < 4.78 is 15.8. The van der Waals surface area contributed by atoms with E-state index in [4.69, 9.17) is 0 Å². The third-order valence-electron chi connectivity index (χ3n) is 4.15. The Kier molecular flexibility index (Phi) is 6.34. The molecule has 0 bridgehead atoms. The number of aryl methyl sites for hydroxylation is 2. The van der Waals surface area contributed by atoms with Gasteiger partial charge in [-0.05, 0) is 55.7 Å². The van der Waals surface area contributed by atoms with Crippen LogP contribution in [-0.4, -0.2) is 9.55 Å². The van der Waals surface area contributed by atoms with E-state index in [0.717, 1.165) is 16.7 Å². The Bertz CT molecular complexity index is 1010. The second-order valence-corrected chi connectivity index (χ2v) is 7.52. The van der Waals surface area contributed by atoms with Gasteiger partial charge in [0.1, 0.15) is 11.6 Å². The lowest BCUT2D eigenvalue weighted by Crippen LogP contribution is -2.21. The molecule has 3 aromatic rings. The van der Waals surface area contributed by atoms with Crippen molar-refractivity contribution in [2.24, 2.45) is 7.05 Å². The van der Waals surface area contributed by atoms with Crippen molar-refractivity contribution >= 4 is 26.8 Å². The van der Waals surface area contributed by atoms with Gasteiger partial charge >= 0.3 is 0 Å². The number of alkyl halides is 1. The molecule has 5 heteroatoms. The molecule has 1 unspecified atom stereocenters. The zero-order chi connectivity index (χ0) is 19.6. The lowest BCUT2D eigenvalue weighted by Gasteiger charge is -2.14. The number of nitrogens with zero attached hydrogens (tertiary/aromatic N) is 2. The first-order valence-corrected chi connectivity index (χ1v) is 9.63. The van der Waals surface area contributed by atoms with Gasteiger partial charge in [0, 0.05) is 11.9 Å². The Hall–Kier alpha value is -2.01. The molecule has 0 amide bonds. The third kappa shape index (κ3) is 3.73. The molecule has 0 spiro atoms. The van der Waals surface area contributed by atoms with Crippen molar-refractivity contribution in [2.45, 2.75) is 39.4 Å². The lowest BCUT2D eigenvalue weighted by molar-refractivity contribution is 0.626. The second kappa shape index (κ2) is 8.12. The van der Waals surface area contributed by atoms with Crippen LogP contribution < -0.4 is 5.56 Å². The van der Waals surface area contributed by atoms with Crippen molar-refractivity contribution in [3.05, 3.63) is 63.2 Å². The molecule has 26 heavy (non-hydrogen) atoms. The second-order valence-electron chi connectivity index (χ2n) is 6.15. The van der Waals surface area contributed by atoms with Crippen LogP contribution in [0.1, 0.15) is 42.3 Å². The highest BCUT2D eigenvalue weighted by Crippen LogP contribution is 2.30. The van der Waals surface area contributed by atoms with Crippen LogP contribution in [-0.2, 0) is 7.05 Å². The van der Waals surface area contributed by atoms with Crippen LogP contribution in [0.4, 0.5) is 4.39 Å². The first kappa shape index (κ1) is 20.3. The van der Waals surface area contributed by atoms with Crippen LogP contribution in [0.2, 0.25) is 0 Å². The van der Waals surface area contributed by atoms with Crippen molar-refractivity contribution in [3.8, 4) is 11.4 Å². The summed E-state index contributed by atoms with van der Waals surface area (Å²) in [4.78, 5) is 17.5. The van der Waals surface area contributed by atoms with Gasteiger partial charge in [-0.2, -0.15) is 0 Å². The van der Waals surface area contributed by atoms with Crippen molar-refractivity contribution in [3.63, 3.8) is 0 Å². The first-order valence-electron chi connectivity index (χ1n) is 8.71. The smallest absolute Gasteiger partial charge is 0.261 e. The summed E-state index contributed by atoms with van der Waals surface area (Å²) in [5.41, 5.74) is 3.52. The van der Waals surface area contributed by atoms with Crippen LogP contribution in [0.25, 0.3) is 22.3 Å². The molecule has 0 saturated heterocycles. The first-order chi connectivity index (χ1) is 12.3. The lowest BCUT2D eigenvalue weighted by atomic mass is 10.0. The zero-order valence-electron chi connectivity index (χ0n) is 16.0. The average molecular weight is 419 g/mol. The summed E-state index contributed by atoms with van der Waals surface area (Å²) in [7, 11) is 1.63. The summed E-state index contributed by atoms with van der Waals surface area (Å²) in [6.07, 6.45) is 0. The Balaban J connectivity index is 0.00000117. The molecule has 2 aromatic carbocycles. The van der Waals surface area contributed by atoms with Gasteiger partial charge in [0.05, 0.1) is 16.5 Å². The number of halogens is 2. The fraction of sp³-hybridized carbons (Fsp3) is 0.333. The summed E-state index contributed by atoms with van der Waals surface area (Å²) in [6, 6.07) is 8.78. The molecule has 0 aliphatic heterocycles. The Morgan fingerprint density at radius 2 is 1.77 bits per heavy atom. The molecule has 0 radical (unpaired) electrons. The molecule has 0 fully saturated rings. The maximum Gasteiger partial charge on any atom is 0.261 e. The van der Waals surface area contributed by atoms with E-state index in [2.05, 4.69) is 20.9 Å². The maximum absolute atomic E-state index is 14.4. The molecular weight excluding hydrogens is 395 g/mol. The average Bonchev–Trinajstić information content (AvgIpc) is 2.60. The number of benzene rings is 2. The standard InChI is InChI=1S/C19H18BrFN2O.C2H6/c1-10-5-6-13(16(21)9-10)18-22-17-14(12(3)20)7-11(2)8-15(17)19(24)23(18)4;1-2/h5-9,12H,1-4H3;1-2H3. The van der Waals surface area contributed by atoms with E-state index in [1.807, 2.05) is 52.8 Å². The number of aromatic nitrogens is 2.